The van der Waals surface area contributed by atoms with Gasteiger partial charge in [0.1, 0.15) is 12.6 Å². The van der Waals surface area contributed by atoms with E-state index in [9.17, 15) is 18.0 Å². The van der Waals surface area contributed by atoms with Crippen LogP contribution >= 0.6 is 11.6 Å². The maximum Gasteiger partial charge on any atom is 0.244 e. The second-order valence-corrected chi connectivity index (χ2v) is 11.0. The predicted molar refractivity (Wildman–Crippen MR) is 142 cm³/mol. The number of carbonyl (C=O) groups excluding carboxylic acids is 2. The molecule has 0 saturated carbocycles. The first-order chi connectivity index (χ1) is 16.5. The van der Waals surface area contributed by atoms with E-state index in [0.29, 0.717) is 17.1 Å². The fourth-order valence-corrected chi connectivity index (χ4v) is 4.63. The molecule has 0 aliphatic heterocycles. The molecule has 192 valence electrons. The number of rotatable bonds is 12. The zero-order valence-corrected chi connectivity index (χ0v) is 22.7. The minimum absolute atomic E-state index is 0.0476. The molecule has 0 fully saturated rings. The van der Waals surface area contributed by atoms with E-state index >= 15 is 0 Å². The van der Waals surface area contributed by atoms with Gasteiger partial charge in [0, 0.05) is 17.6 Å². The van der Waals surface area contributed by atoms with Crippen LogP contribution in [0.3, 0.4) is 0 Å². The van der Waals surface area contributed by atoms with Gasteiger partial charge in [-0.1, -0.05) is 56.6 Å². The van der Waals surface area contributed by atoms with Crippen LogP contribution in [0, 0.1) is 0 Å². The van der Waals surface area contributed by atoms with E-state index in [0.717, 1.165) is 34.5 Å². The summed E-state index contributed by atoms with van der Waals surface area (Å²) in [7, 11) is -3.75. The molecule has 0 heterocycles. The minimum Gasteiger partial charge on any atom is -0.352 e. The average Bonchev–Trinajstić information content (AvgIpc) is 2.82. The monoisotopic (exact) mass is 521 g/mol. The summed E-state index contributed by atoms with van der Waals surface area (Å²) in [6, 6.07) is 13.3. The maximum atomic E-state index is 13.6. The van der Waals surface area contributed by atoms with Crippen molar-refractivity contribution in [2.75, 3.05) is 17.1 Å². The molecule has 2 aromatic rings. The van der Waals surface area contributed by atoms with E-state index in [4.69, 9.17) is 11.6 Å². The van der Waals surface area contributed by atoms with Crippen LogP contribution in [0.15, 0.2) is 48.5 Å². The first-order valence-electron chi connectivity index (χ1n) is 11.9. The lowest BCUT2D eigenvalue weighted by atomic mass is 10.1. The van der Waals surface area contributed by atoms with Crippen molar-refractivity contribution in [3.63, 3.8) is 0 Å². The van der Waals surface area contributed by atoms with Crippen LogP contribution in [0.5, 0.6) is 0 Å². The van der Waals surface area contributed by atoms with Gasteiger partial charge in [-0.2, -0.15) is 0 Å². The number of benzene rings is 2. The second kappa shape index (κ2) is 12.9. The number of aryl methyl sites for hydroxylation is 1. The van der Waals surface area contributed by atoms with Gasteiger partial charge >= 0.3 is 0 Å². The van der Waals surface area contributed by atoms with Crippen molar-refractivity contribution in [1.29, 1.82) is 0 Å². The Morgan fingerprint density at radius 3 is 2.00 bits per heavy atom. The van der Waals surface area contributed by atoms with Gasteiger partial charge in [0.15, 0.2) is 0 Å². The molecule has 2 amide bonds. The molecule has 2 aromatic carbocycles. The van der Waals surface area contributed by atoms with Crippen molar-refractivity contribution in [1.82, 2.24) is 10.2 Å². The van der Waals surface area contributed by atoms with E-state index in [1.807, 2.05) is 39.8 Å². The van der Waals surface area contributed by atoms with Crippen LogP contribution in [-0.2, 0) is 32.6 Å². The van der Waals surface area contributed by atoms with E-state index in [2.05, 4.69) is 5.32 Å². The number of hydrogen-bond donors (Lipinski definition) is 1. The summed E-state index contributed by atoms with van der Waals surface area (Å²) in [6.45, 7) is 7.45. The molecule has 0 radical (unpaired) electrons. The number of halogens is 1. The number of amides is 2. The summed E-state index contributed by atoms with van der Waals surface area (Å²) in [5, 5.41) is 3.51. The normalized spacial score (nSPS) is 13.1. The lowest BCUT2D eigenvalue weighted by Crippen LogP contribution is -2.53. The molecule has 0 unspecified atom stereocenters. The molecular formula is C26H36ClN3O4S. The van der Waals surface area contributed by atoms with Crippen molar-refractivity contribution in [3.8, 4) is 0 Å². The van der Waals surface area contributed by atoms with Crippen molar-refractivity contribution in [2.24, 2.45) is 0 Å². The molecule has 9 heteroatoms. The first-order valence-corrected chi connectivity index (χ1v) is 14.1. The zero-order chi connectivity index (χ0) is 26.2. The van der Waals surface area contributed by atoms with Crippen molar-refractivity contribution < 1.29 is 18.0 Å². The molecule has 0 bridgehead atoms. The van der Waals surface area contributed by atoms with Gasteiger partial charge in [0.2, 0.25) is 21.8 Å². The Morgan fingerprint density at radius 2 is 1.51 bits per heavy atom. The molecule has 0 aliphatic rings. The Balaban J connectivity index is 2.42. The van der Waals surface area contributed by atoms with Gasteiger partial charge < -0.3 is 10.2 Å². The highest BCUT2D eigenvalue weighted by Gasteiger charge is 2.32. The minimum atomic E-state index is -3.75. The number of hydrogen-bond acceptors (Lipinski definition) is 4. The lowest BCUT2D eigenvalue weighted by molar-refractivity contribution is -0.140. The summed E-state index contributed by atoms with van der Waals surface area (Å²) in [4.78, 5) is 28.2. The van der Waals surface area contributed by atoms with Crippen LogP contribution in [0.25, 0.3) is 0 Å². The quantitative estimate of drug-likeness (QED) is 0.448. The molecular weight excluding hydrogens is 486 g/mol. The summed E-state index contributed by atoms with van der Waals surface area (Å²) in [5.74, 6) is -0.724. The first kappa shape index (κ1) is 28.7. The standard InChI is InChI=1S/C26H36ClN3O4S/c1-6-19(4)28-26(32)24(8-3)29(17-21-9-13-22(27)14-10-21)25(31)18-30(35(5,33)34)23-15-11-20(7-2)12-16-23/h9-16,19,24H,6-8,17-18H2,1-5H3,(H,28,32)/t19-,24-/m1/s1. The Hall–Kier alpha value is -2.58. The van der Waals surface area contributed by atoms with Crippen LogP contribution in [0.4, 0.5) is 5.69 Å². The second-order valence-electron chi connectivity index (χ2n) is 8.68. The third kappa shape index (κ3) is 8.25. The third-order valence-electron chi connectivity index (χ3n) is 5.96. The number of nitrogens with zero attached hydrogens (tertiary/aromatic N) is 2. The molecule has 0 spiro atoms. The van der Waals surface area contributed by atoms with Crippen LogP contribution < -0.4 is 9.62 Å². The number of carbonyl (C=O) groups is 2. The summed E-state index contributed by atoms with van der Waals surface area (Å²) < 4.78 is 26.4. The fraction of sp³-hybridized carbons (Fsp3) is 0.462. The summed E-state index contributed by atoms with van der Waals surface area (Å²) >= 11 is 6.01. The summed E-state index contributed by atoms with van der Waals surface area (Å²) in [5.41, 5.74) is 2.25. The molecule has 7 nitrogen and oxygen atoms in total. The highest BCUT2D eigenvalue weighted by molar-refractivity contribution is 7.92. The molecule has 0 aliphatic carbocycles. The molecule has 1 N–H and O–H groups in total. The highest BCUT2D eigenvalue weighted by atomic mass is 35.5. The van der Waals surface area contributed by atoms with Crippen LogP contribution in [0.2, 0.25) is 5.02 Å². The SMILES string of the molecule is CCc1ccc(N(CC(=O)N(Cc2ccc(Cl)cc2)[C@H](CC)C(=O)N[C@H](C)CC)S(C)(=O)=O)cc1. The van der Waals surface area contributed by atoms with E-state index in [1.54, 1.807) is 36.4 Å². The van der Waals surface area contributed by atoms with Crippen molar-refractivity contribution in [3.05, 3.63) is 64.7 Å². The smallest absolute Gasteiger partial charge is 0.244 e. The van der Waals surface area contributed by atoms with Gasteiger partial charge in [0.05, 0.1) is 11.9 Å². The van der Waals surface area contributed by atoms with Crippen molar-refractivity contribution >= 4 is 39.1 Å². The highest BCUT2D eigenvalue weighted by Crippen LogP contribution is 2.21. The number of sulfonamides is 1. The fourth-order valence-electron chi connectivity index (χ4n) is 3.66. The van der Waals surface area contributed by atoms with Gasteiger partial charge in [-0.05, 0) is 61.6 Å². The summed E-state index contributed by atoms with van der Waals surface area (Å²) in [6.07, 6.45) is 3.02. The maximum absolute atomic E-state index is 13.6. The van der Waals surface area contributed by atoms with E-state index in [1.165, 1.54) is 4.90 Å². The van der Waals surface area contributed by atoms with E-state index in [-0.39, 0.29) is 18.5 Å². The Labute approximate surface area is 214 Å². The lowest BCUT2D eigenvalue weighted by Gasteiger charge is -2.33. The largest absolute Gasteiger partial charge is 0.352 e. The van der Waals surface area contributed by atoms with Gasteiger partial charge in [-0.25, -0.2) is 8.42 Å². The third-order valence-corrected chi connectivity index (χ3v) is 7.36. The zero-order valence-electron chi connectivity index (χ0n) is 21.1. The molecule has 35 heavy (non-hydrogen) atoms. The molecule has 0 aromatic heterocycles. The molecule has 2 rings (SSSR count). The van der Waals surface area contributed by atoms with Gasteiger partial charge in [0.25, 0.3) is 0 Å². The molecule has 0 saturated heterocycles. The van der Waals surface area contributed by atoms with Crippen LogP contribution in [-0.4, -0.2) is 50.0 Å². The van der Waals surface area contributed by atoms with Crippen LogP contribution in [0.1, 0.15) is 51.7 Å². The van der Waals surface area contributed by atoms with Gasteiger partial charge in [-0.15, -0.1) is 0 Å². The number of nitrogens with one attached hydrogen (secondary N) is 1. The van der Waals surface area contributed by atoms with E-state index < -0.39 is 28.5 Å². The van der Waals surface area contributed by atoms with Crippen molar-refractivity contribution in [2.45, 2.75) is 65.6 Å². The average molecular weight is 522 g/mol. The Kier molecular flexibility index (Phi) is 10.6. The number of anilines is 1. The molecule has 2 atom stereocenters. The Morgan fingerprint density at radius 1 is 0.943 bits per heavy atom. The predicted octanol–water partition coefficient (Wildman–Crippen LogP) is 4.39. The topological polar surface area (TPSA) is 86.8 Å². The van der Waals surface area contributed by atoms with Gasteiger partial charge in [-0.3, -0.25) is 13.9 Å². The Bertz CT molecular complexity index is 1090.